The lowest BCUT2D eigenvalue weighted by Crippen LogP contribution is -2.34. The number of nitrogens with one attached hydrogen (secondary N) is 2. The third-order valence-corrected chi connectivity index (χ3v) is 5.63. The van der Waals surface area contributed by atoms with Crippen LogP contribution in [0.1, 0.15) is 73.4 Å². The highest BCUT2D eigenvalue weighted by Crippen LogP contribution is 2.21. The van der Waals surface area contributed by atoms with Crippen LogP contribution in [-0.4, -0.2) is 28.1 Å². The Bertz CT molecular complexity index is 1050. The van der Waals surface area contributed by atoms with Crippen molar-refractivity contribution in [1.29, 1.82) is 0 Å². The standard InChI is InChI=1S/C13H15Cl2NO2.C13H16ClNO3/c1-13(2,3)12(18)16-7-8-4-5-10(14)9(6-8)11(15)17;1-13(2,3)12(18)15-7-8-4-5-10(14)9(6-8)11(16)17/h4-6H,7H2,1-3H3,(H,16,18);4-6H,7H2,1-3H3,(H,15,18)(H,16,17). The molecule has 10 heteroatoms. The molecule has 0 aliphatic heterocycles. The van der Waals surface area contributed by atoms with Gasteiger partial charge in [-0.3, -0.25) is 14.4 Å². The number of aromatic carboxylic acids is 1. The van der Waals surface area contributed by atoms with Crippen LogP contribution in [0.25, 0.3) is 0 Å². The predicted octanol–water partition coefficient (Wildman–Crippen LogP) is 6.08. The molecule has 0 saturated carbocycles. The van der Waals surface area contributed by atoms with E-state index >= 15 is 0 Å². The van der Waals surface area contributed by atoms with Gasteiger partial charge < -0.3 is 15.7 Å². The Morgan fingerprint density at radius 1 is 0.722 bits per heavy atom. The van der Waals surface area contributed by atoms with Gasteiger partial charge in [0.1, 0.15) is 0 Å². The Kier molecular flexibility index (Phi) is 11.4. The van der Waals surface area contributed by atoms with Crippen molar-refractivity contribution in [1.82, 2.24) is 10.6 Å². The number of benzene rings is 2. The molecular formula is C26H31Cl3N2O5. The molecule has 7 nitrogen and oxygen atoms in total. The lowest BCUT2D eigenvalue weighted by Gasteiger charge is -2.17. The summed E-state index contributed by atoms with van der Waals surface area (Å²) in [6, 6.07) is 9.60. The van der Waals surface area contributed by atoms with Crippen molar-refractivity contribution >= 4 is 57.8 Å². The Hall–Kier alpha value is -2.61. The molecular weight excluding hydrogens is 527 g/mol. The molecule has 0 radical (unpaired) electrons. The van der Waals surface area contributed by atoms with Gasteiger partial charge in [0, 0.05) is 23.9 Å². The molecule has 0 heterocycles. The summed E-state index contributed by atoms with van der Waals surface area (Å²) in [6.07, 6.45) is 0. The van der Waals surface area contributed by atoms with Crippen LogP contribution in [0.5, 0.6) is 0 Å². The zero-order chi connectivity index (χ0) is 27.8. The summed E-state index contributed by atoms with van der Waals surface area (Å²) in [7, 11) is 0. The van der Waals surface area contributed by atoms with Crippen molar-refractivity contribution < 1.29 is 24.3 Å². The molecule has 0 saturated heterocycles. The lowest BCUT2D eigenvalue weighted by molar-refractivity contribution is -0.129. The highest BCUT2D eigenvalue weighted by atomic mass is 35.5. The molecule has 0 aliphatic rings. The molecule has 36 heavy (non-hydrogen) atoms. The van der Waals surface area contributed by atoms with Crippen LogP contribution < -0.4 is 10.6 Å². The Morgan fingerprint density at radius 3 is 1.42 bits per heavy atom. The molecule has 0 bridgehead atoms. The maximum Gasteiger partial charge on any atom is 0.337 e. The van der Waals surface area contributed by atoms with Gasteiger partial charge in [-0.15, -0.1) is 0 Å². The number of rotatable bonds is 6. The van der Waals surface area contributed by atoms with Gasteiger partial charge in [-0.05, 0) is 47.0 Å². The summed E-state index contributed by atoms with van der Waals surface area (Å²) < 4.78 is 0. The number of halogens is 3. The first-order chi connectivity index (χ1) is 16.4. The number of amides is 2. The quantitative estimate of drug-likeness (QED) is 0.373. The molecule has 0 aliphatic carbocycles. The summed E-state index contributed by atoms with van der Waals surface area (Å²) >= 11 is 17.0. The van der Waals surface area contributed by atoms with Crippen LogP contribution in [-0.2, 0) is 22.7 Å². The minimum atomic E-state index is -1.08. The van der Waals surface area contributed by atoms with Crippen molar-refractivity contribution in [3.8, 4) is 0 Å². The first-order valence-electron chi connectivity index (χ1n) is 11.0. The van der Waals surface area contributed by atoms with Gasteiger partial charge >= 0.3 is 5.97 Å². The molecule has 0 atom stereocenters. The molecule has 3 N–H and O–H groups in total. The predicted molar refractivity (Wildman–Crippen MR) is 143 cm³/mol. The van der Waals surface area contributed by atoms with E-state index in [0.717, 1.165) is 5.56 Å². The number of carbonyl (C=O) groups excluding carboxylic acids is 3. The molecule has 2 amide bonds. The number of hydrogen-bond donors (Lipinski definition) is 3. The van der Waals surface area contributed by atoms with Crippen molar-refractivity contribution in [2.24, 2.45) is 10.8 Å². The average Bonchev–Trinajstić information content (AvgIpc) is 2.76. The third-order valence-electron chi connectivity index (χ3n) is 4.77. The van der Waals surface area contributed by atoms with Crippen LogP contribution in [0.15, 0.2) is 36.4 Å². The van der Waals surface area contributed by atoms with E-state index in [9.17, 15) is 19.2 Å². The van der Waals surface area contributed by atoms with Crippen molar-refractivity contribution in [3.63, 3.8) is 0 Å². The van der Waals surface area contributed by atoms with E-state index in [2.05, 4.69) is 10.6 Å². The second-order valence-electron chi connectivity index (χ2n) is 10.1. The van der Waals surface area contributed by atoms with Crippen LogP contribution in [0.4, 0.5) is 0 Å². The molecule has 0 spiro atoms. The summed E-state index contributed by atoms with van der Waals surface area (Å²) in [6.45, 7) is 11.6. The molecule has 2 aromatic rings. The van der Waals surface area contributed by atoms with E-state index in [0.29, 0.717) is 17.1 Å². The van der Waals surface area contributed by atoms with Crippen molar-refractivity contribution in [3.05, 3.63) is 68.7 Å². The SMILES string of the molecule is CC(C)(C)C(=O)NCc1ccc(Cl)c(C(=O)Cl)c1.CC(C)(C)C(=O)NCc1ccc(Cl)c(C(=O)O)c1. The fraction of sp³-hybridized carbons (Fsp3) is 0.385. The maximum absolute atomic E-state index is 11.7. The van der Waals surface area contributed by atoms with Gasteiger partial charge in [-0.2, -0.15) is 0 Å². The largest absolute Gasteiger partial charge is 0.478 e. The lowest BCUT2D eigenvalue weighted by atomic mass is 9.95. The smallest absolute Gasteiger partial charge is 0.337 e. The monoisotopic (exact) mass is 556 g/mol. The van der Waals surface area contributed by atoms with Crippen LogP contribution in [0.3, 0.4) is 0 Å². The van der Waals surface area contributed by atoms with E-state index in [1.54, 1.807) is 24.3 Å². The van der Waals surface area contributed by atoms with Gasteiger partial charge in [-0.1, -0.05) is 76.9 Å². The molecule has 196 valence electrons. The second kappa shape index (κ2) is 13.1. The van der Waals surface area contributed by atoms with Gasteiger partial charge in [0.2, 0.25) is 11.8 Å². The van der Waals surface area contributed by atoms with Crippen LogP contribution in [0.2, 0.25) is 10.0 Å². The normalized spacial score (nSPS) is 11.1. The summed E-state index contributed by atoms with van der Waals surface area (Å²) in [4.78, 5) is 45.4. The van der Waals surface area contributed by atoms with Gasteiger partial charge in [0.25, 0.3) is 5.24 Å². The fourth-order valence-electron chi connectivity index (χ4n) is 2.57. The number of carboxylic acid groups (broad SMARTS) is 1. The Labute approximate surface area is 226 Å². The van der Waals surface area contributed by atoms with Crippen molar-refractivity contribution in [2.45, 2.75) is 54.6 Å². The highest BCUT2D eigenvalue weighted by molar-refractivity contribution is 6.68. The van der Waals surface area contributed by atoms with Gasteiger partial charge in [0.15, 0.2) is 0 Å². The average molecular weight is 558 g/mol. The van der Waals surface area contributed by atoms with Crippen molar-refractivity contribution in [2.75, 3.05) is 0 Å². The fourth-order valence-corrected chi connectivity index (χ4v) is 3.18. The first-order valence-corrected chi connectivity index (χ1v) is 12.1. The maximum atomic E-state index is 11.7. The molecule has 0 unspecified atom stereocenters. The molecule has 0 aromatic heterocycles. The first kappa shape index (κ1) is 31.4. The molecule has 2 aromatic carbocycles. The van der Waals surface area contributed by atoms with E-state index < -0.39 is 22.0 Å². The number of carbonyl (C=O) groups is 4. The zero-order valence-electron chi connectivity index (χ0n) is 21.1. The minimum Gasteiger partial charge on any atom is -0.478 e. The van der Waals surface area contributed by atoms with Gasteiger partial charge in [-0.25, -0.2) is 4.79 Å². The summed E-state index contributed by atoms with van der Waals surface area (Å²) in [5.74, 6) is -1.23. The molecule has 0 fully saturated rings. The summed E-state index contributed by atoms with van der Waals surface area (Å²) in [5, 5.41) is 14.3. The zero-order valence-corrected chi connectivity index (χ0v) is 23.4. The molecule has 2 rings (SSSR count). The Morgan fingerprint density at radius 2 is 1.08 bits per heavy atom. The minimum absolute atomic E-state index is 0.0409. The van der Waals surface area contributed by atoms with Crippen LogP contribution in [0, 0.1) is 10.8 Å². The van der Waals surface area contributed by atoms with Gasteiger partial charge in [0.05, 0.1) is 21.2 Å². The highest BCUT2D eigenvalue weighted by Gasteiger charge is 2.21. The third kappa shape index (κ3) is 10.2. The topological polar surface area (TPSA) is 113 Å². The summed E-state index contributed by atoms with van der Waals surface area (Å²) in [5.41, 5.74) is 0.856. The van der Waals surface area contributed by atoms with E-state index in [1.165, 1.54) is 12.1 Å². The van der Waals surface area contributed by atoms with E-state index in [1.807, 2.05) is 41.5 Å². The van der Waals surface area contributed by atoms with E-state index in [4.69, 9.17) is 39.9 Å². The number of carboxylic acids is 1. The number of hydrogen-bond acceptors (Lipinski definition) is 4. The van der Waals surface area contributed by atoms with E-state index in [-0.39, 0.29) is 34.5 Å². The second-order valence-corrected chi connectivity index (χ2v) is 11.2. The van der Waals surface area contributed by atoms with Crippen LogP contribution >= 0.6 is 34.8 Å². The Balaban J connectivity index is 0.000000360.